The molecule has 0 radical (unpaired) electrons. The molecule has 0 bridgehead atoms. The summed E-state index contributed by atoms with van der Waals surface area (Å²) >= 11 is 0. The minimum Gasteiger partial charge on any atom is -0.330 e. The average molecular weight is 167 g/mol. The number of hydrogen-bond acceptors (Lipinski definition) is 1. The van der Waals surface area contributed by atoms with E-state index in [-0.39, 0.29) is 0 Å². The number of hydrogen-bond donors (Lipinski definition) is 1. The first-order valence-corrected chi connectivity index (χ1v) is 5.62. The maximum absolute atomic E-state index is 5.84. The van der Waals surface area contributed by atoms with Gasteiger partial charge in [-0.25, -0.2) is 0 Å². The molecule has 0 saturated heterocycles. The van der Waals surface area contributed by atoms with Crippen molar-refractivity contribution in [2.45, 2.75) is 44.9 Å². The molecule has 2 saturated carbocycles. The highest BCUT2D eigenvalue weighted by molar-refractivity contribution is 4.87. The smallest absolute Gasteiger partial charge is 0.00436 e. The third-order valence-corrected chi connectivity index (χ3v) is 3.76. The van der Waals surface area contributed by atoms with E-state index in [9.17, 15) is 0 Å². The van der Waals surface area contributed by atoms with E-state index in [4.69, 9.17) is 5.73 Å². The van der Waals surface area contributed by atoms with Gasteiger partial charge >= 0.3 is 0 Å². The molecule has 1 nitrogen and oxygen atoms in total. The molecule has 1 unspecified atom stereocenters. The van der Waals surface area contributed by atoms with Gasteiger partial charge in [0.15, 0.2) is 0 Å². The van der Waals surface area contributed by atoms with E-state index in [0.717, 1.165) is 24.3 Å². The van der Waals surface area contributed by atoms with Crippen LogP contribution in [0.1, 0.15) is 44.9 Å². The van der Waals surface area contributed by atoms with Crippen LogP contribution in [0.15, 0.2) is 0 Å². The minimum atomic E-state index is 0.894. The van der Waals surface area contributed by atoms with Crippen molar-refractivity contribution in [3.63, 3.8) is 0 Å². The first kappa shape index (κ1) is 8.55. The predicted molar refractivity (Wildman–Crippen MR) is 51.8 cm³/mol. The van der Waals surface area contributed by atoms with Crippen LogP contribution in [-0.4, -0.2) is 6.54 Å². The van der Waals surface area contributed by atoms with Crippen LogP contribution in [0.2, 0.25) is 0 Å². The van der Waals surface area contributed by atoms with Crippen LogP contribution < -0.4 is 5.73 Å². The first-order valence-electron chi connectivity index (χ1n) is 5.62. The van der Waals surface area contributed by atoms with Crippen molar-refractivity contribution in [2.75, 3.05) is 6.54 Å². The van der Waals surface area contributed by atoms with Gasteiger partial charge < -0.3 is 5.73 Å². The number of rotatable bonds is 3. The molecule has 2 aliphatic rings. The molecular weight excluding hydrogens is 146 g/mol. The van der Waals surface area contributed by atoms with Gasteiger partial charge in [-0.2, -0.15) is 0 Å². The maximum Gasteiger partial charge on any atom is -0.00436 e. The van der Waals surface area contributed by atoms with Gasteiger partial charge in [-0.3, -0.25) is 0 Å². The van der Waals surface area contributed by atoms with Gasteiger partial charge in [0.2, 0.25) is 0 Å². The Kier molecular flexibility index (Phi) is 2.69. The standard InChI is InChI=1S/C11H21N/c12-8-11(10-6-7-10)9-4-2-1-3-5-9/h9-11H,1-8,12H2. The fourth-order valence-corrected chi connectivity index (χ4v) is 2.86. The zero-order valence-electron chi connectivity index (χ0n) is 7.97. The summed E-state index contributed by atoms with van der Waals surface area (Å²) in [7, 11) is 0. The molecule has 0 aliphatic heterocycles. The molecule has 0 amide bonds. The summed E-state index contributed by atoms with van der Waals surface area (Å²) in [5.41, 5.74) is 5.84. The Morgan fingerprint density at radius 3 is 2.00 bits per heavy atom. The molecule has 2 aliphatic carbocycles. The lowest BCUT2D eigenvalue weighted by molar-refractivity contribution is 0.230. The molecule has 2 fully saturated rings. The van der Waals surface area contributed by atoms with Crippen LogP contribution >= 0.6 is 0 Å². The summed E-state index contributed by atoms with van der Waals surface area (Å²) in [4.78, 5) is 0. The van der Waals surface area contributed by atoms with E-state index in [0.29, 0.717) is 0 Å². The molecule has 12 heavy (non-hydrogen) atoms. The van der Waals surface area contributed by atoms with Gasteiger partial charge in [-0.15, -0.1) is 0 Å². The van der Waals surface area contributed by atoms with Gasteiger partial charge in [0.25, 0.3) is 0 Å². The van der Waals surface area contributed by atoms with Crippen molar-refractivity contribution in [1.29, 1.82) is 0 Å². The van der Waals surface area contributed by atoms with E-state index in [2.05, 4.69) is 0 Å². The minimum absolute atomic E-state index is 0.894. The van der Waals surface area contributed by atoms with Crippen LogP contribution in [0.4, 0.5) is 0 Å². The van der Waals surface area contributed by atoms with Crippen molar-refractivity contribution in [3.8, 4) is 0 Å². The highest BCUT2D eigenvalue weighted by atomic mass is 14.6. The Labute approximate surface area is 75.7 Å². The summed E-state index contributed by atoms with van der Waals surface area (Å²) in [6, 6.07) is 0. The van der Waals surface area contributed by atoms with Crippen LogP contribution in [0.25, 0.3) is 0 Å². The average Bonchev–Trinajstić information content (AvgIpc) is 2.92. The highest BCUT2D eigenvalue weighted by Crippen LogP contribution is 2.44. The maximum atomic E-state index is 5.84. The number of nitrogens with two attached hydrogens (primary N) is 1. The Hall–Kier alpha value is -0.0400. The molecule has 70 valence electrons. The lowest BCUT2D eigenvalue weighted by atomic mass is 9.78. The summed E-state index contributed by atoms with van der Waals surface area (Å²) in [5.74, 6) is 2.92. The topological polar surface area (TPSA) is 26.0 Å². The summed E-state index contributed by atoms with van der Waals surface area (Å²) < 4.78 is 0. The summed E-state index contributed by atoms with van der Waals surface area (Å²) in [5, 5.41) is 0. The monoisotopic (exact) mass is 167 g/mol. The third kappa shape index (κ3) is 1.82. The molecule has 0 heterocycles. The van der Waals surface area contributed by atoms with Gasteiger partial charge in [0.05, 0.1) is 0 Å². The van der Waals surface area contributed by atoms with Crippen molar-refractivity contribution in [3.05, 3.63) is 0 Å². The molecule has 0 aromatic carbocycles. The lowest BCUT2D eigenvalue weighted by Crippen LogP contribution is -2.26. The zero-order chi connectivity index (χ0) is 8.39. The Morgan fingerprint density at radius 2 is 1.50 bits per heavy atom. The van der Waals surface area contributed by atoms with E-state index in [1.807, 2.05) is 0 Å². The third-order valence-electron chi connectivity index (χ3n) is 3.76. The molecule has 0 aromatic rings. The lowest BCUT2D eigenvalue weighted by Gasteiger charge is -2.29. The van der Waals surface area contributed by atoms with Crippen LogP contribution in [-0.2, 0) is 0 Å². The molecule has 0 spiro atoms. The van der Waals surface area contributed by atoms with E-state index < -0.39 is 0 Å². The van der Waals surface area contributed by atoms with Crippen molar-refractivity contribution in [1.82, 2.24) is 0 Å². The van der Waals surface area contributed by atoms with E-state index in [1.165, 1.54) is 44.9 Å². The van der Waals surface area contributed by atoms with Crippen molar-refractivity contribution < 1.29 is 0 Å². The highest BCUT2D eigenvalue weighted by Gasteiger charge is 2.35. The van der Waals surface area contributed by atoms with Gasteiger partial charge in [0, 0.05) is 0 Å². The van der Waals surface area contributed by atoms with Crippen LogP contribution in [0.3, 0.4) is 0 Å². The largest absolute Gasteiger partial charge is 0.330 e. The van der Waals surface area contributed by atoms with Gasteiger partial charge in [0.1, 0.15) is 0 Å². The second kappa shape index (κ2) is 3.78. The summed E-state index contributed by atoms with van der Waals surface area (Å²) in [6.07, 6.45) is 10.3. The van der Waals surface area contributed by atoms with E-state index >= 15 is 0 Å². The van der Waals surface area contributed by atoms with Crippen molar-refractivity contribution >= 4 is 0 Å². The fourth-order valence-electron chi connectivity index (χ4n) is 2.86. The fraction of sp³-hybridized carbons (Fsp3) is 1.00. The molecular formula is C11H21N. The SMILES string of the molecule is NCC(C1CCCCC1)C1CC1. The van der Waals surface area contributed by atoms with Crippen LogP contribution in [0.5, 0.6) is 0 Å². The molecule has 1 atom stereocenters. The molecule has 2 N–H and O–H groups in total. The van der Waals surface area contributed by atoms with Crippen LogP contribution in [0, 0.1) is 17.8 Å². The quantitative estimate of drug-likeness (QED) is 0.687. The van der Waals surface area contributed by atoms with Gasteiger partial charge in [-0.1, -0.05) is 32.1 Å². The molecule has 1 heteroatoms. The van der Waals surface area contributed by atoms with Crippen molar-refractivity contribution in [2.24, 2.45) is 23.5 Å². The van der Waals surface area contributed by atoms with Gasteiger partial charge in [-0.05, 0) is 37.1 Å². The summed E-state index contributed by atoms with van der Waals surface area (Å²) in [6.45, 7) is 0.954. The first-order chi connectivity index (χ1) is 5.92. The molecule has 2 rings (SSSR count). The Morgan fingerprint density at radius 1 is 0.917 bits per heavy atom. The second-order valence-corrected chi connectivity index (χ2v) is 4.64. The van der Waals surface area contributed by atoms with E-state index in [1.54, 1.807) is 0 Å². The predicted octanol–water partition coefficient (Wildman–Crippen LogP) is 2.55. The molecule has 0 aromatic heterocycles. The normalized spacial score (nSPS) is 28.8. The zero-order valence-corrected chi connectivity index (χ0v) is 7.97. The Balaban J connectivity index is 1.85. The Bertz CT molecular complexity index is 134. The second-order valence-electron chi connectivity index (χ2n) is 4.64.